The van der Waals surface area contributed by atoms with Gasteiger partial charge in [0.2, 0.25) is 0 Å². The van der Waals surface area contributed by atoms with Crippen LogP contribution in [0.15, 0.2) is 0 Å². The van der Waals surface area contributed by atoms with Crippen molar-refractivity contribution in [3.8, 4) is 11.5 Å². The SMILES string of the molecule is Cc1c(C)c2c(c(C)c1OCCOCCOCCOCC(O)COP(=O)(O)OCCO)CC[C@](C)(CCC[C@@H](C)CCC[C@@H](C)CCCC(C)C)O2. The maximum atomic E-state index is 11.5. The molecule has 1 heterocycles. The molecule has 0 saturated carbocycles. The Hall–Kier alpha value is -1.27. The van der Waals surface area contributed by atoms with E-state index >= 15 is 0 Å². The number of aliphatic hydroxyl groups is 2. The Bertz CT molecular complexity index is 1180. The highest BCUT2D eigenvalue weighted by atomic mass is 31.2. The van der Waals surface area contributed by atoms with E-state index in [1.54, 1.807) is 0 Å². The average Bonchev–Trinajstić information content (AvgIpc) is 3.09. The first-order chi connectivity index (χ1) is 24.7. The lowest BCUT2D eigenvalue weighted by Crippen LogP contribution is -2.37. The topological polar surface area (TPSA) is 142 Å². The third-order valence-corrected chi connectivity index (χ3v) is 11.1. The summed E-state index contributed by atoms with van der Waals surface area (Å²) in [5, 5.41) is 18.4. The van der Waals surface area contributed by atoms with E-state index in [4.69, 9.17) is 28.8 Å². The quantitative estimate of drug-likeness (QED) is 0.0518. The van der Waals surface area contributed by atoms with Crippen molar-refractivity contribution in [1.29, 1.82) is 0 Å². The van der Waals surface area contributed by atoms with E-state index in [1.165, 1.54) is 56.9 Å². The minimum atomic E-state index is -4.30. The van der Waals surface area contributed by atoms with Gasteiger partial charge in [0.1, 0.15) is 29.8 Å². The van der Waals surface area contributed by atoms with Gasteiger partial charge in [-0.1, -0.05) is 72.6 Å². The van der Waals surface area contributed by atoms with Crippen molar-refractivity contribution in [3.05, 3.63) is 22.3 Å². The van der Waals surface area contributed by atoms with Crippen LogP contribution in [0.25, 0.3) is 0 Å². The summed E-state index contributed by atoms with van der Waals surface area (Å²) in [6.07, 6.45) is 12.6. The van der Waals surface area contributed by atoms with E-state index < -0.39 is 27.1 Å². The van der Waals surface area contributed by atoms with Crippen LogP contribution in [0.1, 0.15) is 121 Å². The standard InChI is InChI=1S/C40H73O11P/c1-30(2)12-9-13-31(3)14-10-15-32(4)16-11-18-40(8)19-17-37-35(7)38(33(5)34(6)39(37)51-40)48-27-26-46-23-22-45-24-25-47-28-36(42)29-50-52(43,44)49-21-20-41/h30-32,36,41-42H,9-29H2,1-8H3,(H,43,44)/t31-,32-,36?,40-/m0/s1. The van der Waals surface area contributed by atoms with Crippen LogP contribution in [-0.4, -0.2) is 92.9 Å². The van der Waals surface area contributed by atoms with E-state index in [0.717, 1.165) is 65.2 Å². The number of hydrogen-bond acceptors (Lipinski definition) is 10. The van der Waals surface area contributed by atoms with Crippen LogP contribution in [0.3, 0.4) is 0 Å². The summed E-state index contributed by atoms with van der Waals surface area (Å²) in [5.41, 5.74) is 4.57. The first-order valence-corrected chi connectivity index (χ1v) is 21.3. The van der Waals surface area contributed by atoms with Gasteiger partial charge in [-0.15, -0.1) is 0 Å². The molecule has 52 heavy (non-hydrogen) atoms. The van der Waals surface area contributed by atoms with E-state index in [0.29, 0.717) is 33.0 Å². The average molecular weight is 761 g/mol. The lowest BCUT2D eigenvalue weighted by molar-refractivity contribution is -0.0251. The summed E-state index contributed by atoms with van der Waals surface area (Å²) < 4.78 is 50.2. The number of hydrogen-bond donors (Lipinski definition) is 3. The predicted octanol–water partition coefficient (Wildman–Crippen LogP) is 8.05. The summed E-state index contributed by atoms with van der Waals surface area (Å²) >= 11 is 0. The molecule has 2 rings (SSSR count). The lowest BCUT2D eigenvalue weighted by Gasteiger charge is -2.38. The second-order valence-corrected chi connectivity index (χ2v) is 17.0. The second kappa shape index (κ2) is 25.0. The molecule has 0 amide bonds. The molecule has 0 aromatic heterocycles. The number of rotatable bonds is 30. The molecular formula is C40H73O11P. The molecule has 1 aliphatic heterocycles. The van der Waals surface area contributed by atoms with Crippen LogP contribution in [0, 0.1) is 38.5 Å². The molecular weight excluding hydrogens is 687 g/mol. The molecule has 0 saturated heterocycles. The minimum Gasteiger partial charge on any atom is -0.491 e. The molecule has 1 aromatic carbocycles. The van der Waals surface area contributed by atoms with Crippen LogP contribution in [0.5, 0.6) is 11.5 Å². The fourth-order valence-electron chi connectivity index (χ4n) is 6.76. The number of fused-ring (bicyclic) bond motifs is 1. The Balaban J connectivity index is 1.63. The zero-order chi connectivity index (χ0) is 38.6. The zero-order valence-electron chi connectivity index (χ0n) is 33.7. The van der Waals surface area contributed by atoms with Gasteiger partial charge in [-0.2, -0.15) is 0 Å². The number of aliphatic hydroxyl groups excluding tert-OH is 2. The van der Waals surface area contributed by atoms with Crippen LogP contribution >= 0.6 is 7.82 Å². The van der Waals surface area contributed by atoms with E-state index in [2.05, 4.69) is 64.4 Å². The molecule has 304 valence electrons. The Labute approximate surface area is 315 Å². The zero-order valence-corrected chi connectivity index (χ0v) is 34.6. The van der Waals surface area contributed by atoms with Gasteiger partial charge in [-0.05, 0) is 87.8 Å². The highest BCUT2D eigenvalue weighted by Gasteiger charge is 2.34. The summed E-state index contributed by atoms with van der Waals surface area (Å²) in [4.78, 5) is 9.37. The van der Waals surface area contributed by atoms with Gasteiger partial charge < -0.3 is 38.8 Å². The first-order valence-electron chi connectivity index (χ1n) is 19.8. The Morgan fingerprint density at radius 1 is 0.750 bits per heavy atom. The van der Waals surface area contributed by atoms with Gasteiger partial charge in [0.15, 0.2) is 0 Å². The molecule has 0 fully saturated rings. The molecule has 2 unspecified atom stereocenters. The summed E-state index contributed by atoms with van der Waals surface area (Å²) in [6.45, 7) is 19.1. The third kappa shape index (κ3) is 18.4. The Kier molecular flexibility index (Phi) is 22.5. The molecule has 0 spiro atoms. The van der Waals surface area contributed by atoms with E-state index in [1.807, 2.05) is 0 Å². The van der Waals surface area contributed by atoms with Crippen LogP contribution in [-0.2, 0) is 34.2 Å². The highest BCUT2D eigenvalue weighted by molar-refractivity contribution is 7.47. The van der Waals surface area contributed by atoms with E-state index in [9.17, 15) is 14.6 Å². The fourth-order valence-corrected chi connectivity index (χ4v) is 7.51. The maximum Gasteiger partial charge on any atom is 0.472 e. The van der Waals surface area contributed by atoms with Crippen molar-refractivity contribution in [2.75, 3.05) is 66.1 Å². The molecule has 1 aromatic rings. The third-order valence-electron chi connectivity index (χ3n) is 10.1. The monoisotopic (exact) mass is 760 g/mol. The molecule has 1 aliphatic rings. The normalized spacial score (nSPS) is 18.8. The van der Waals surface area contributed by atoms with Gasteiger partial charge in [0.25, 0.3) is 0 Å². The Morgan fingerprint density at radius 3 is 1.94 bits per heavy atom. The molecule has 11 nitrogen and oxygen atoms in total. The lowest BCUT2D eigenvalue weighted by atomic mass is 9.83. The van der Waals surface area contributed by atoms with Crippen molar-refractivity contribution in [1.82, 2.24) is 0 Å². The second-order valence-electron chi connectivity index (χ2n) is 15.5. The molecule has 0 aliphatic carbocycles. The molecule has 0 bridgehead atoms. The minimum absolute atomic E-state index is 0.0957. The number of phosphoric acid groups is 1. The number of phosphoric ester groups is 1. The number of benzene rings is 1. The molecule has 5 atom stereocenters. The van der Waals surface area contributed by atoms with Gasteiger partial charge in [-0.25, -0.2) is 4.57 Å². The molecule has 3 N–H and O–H groups in total. The van der Waals surface area contributed by atoms with Crippen molar-refractivity contribution < 1.29 is 52.4 Å². The van der Waals surface area contributed by atoms with Gasteiger partial charge >= 0.3 is 7.82 Å². The van der Waals surface area contributed by atoms with Crippen LogP contribution < -0.4 is 9.47 Å². The Morgan fingerprint density at radius 2 is 1.33 bits per heavy atom. The summed E-state index contributed by atoms with van der Waals surface area (Å²) in [6, 6.07) is 0. The van der Waals surface area contributed by atoms with Crippen LogP contribution in [0.4, 0.5) is 0 Å². The van der Waals surface area contributed by atoms with Crippen molar-refractivity contribution >= 4 is 7.82 Å². The van der Waals surface area contributed by atoms with E-state index in [-0.39, 0.29) is 25.4 Å². The largest absolute Gasteiger partial charge is 0.491 e. The van der Waals surface area contributed by atoms with Crippen molar-refractivity contribution in [2.45, 2.75) is 138 Å². The smallest absolute Gasteiger partial charge is 0.472 e. The summed E-state index contributed by atoms with van der Waals surface area (Å²) in [7, 11) is -4.30. The summed E-state index contributed by atoms with van der Waals surface area (Å²) in [5.74, 6) is 4.41. The first kappa shape index (κ1) is 46.9. The molecule has 12 heteroatoms. The predicted molar refractivity (Wildman–Crippen MR) is 205 cm³/mol. The highest BCUT2D eigenvalue weighted by Crippen LogP contribution is 2.45. The maximum absolute atomic E-state index is 11.5. The van der Waals surface area contributed by atoms with Crippen LogP contribution in [0.2, 0.25) is 0 Å². The number of ether oxygens (including phenoxy) is 5. The van der Waals surface area contributed by atoms with Crippen molar-refractivity contribution in [2.24, 2.45) is 17.8 Å². The van der Waals surface area contributed by atoms with Gasteiger partial charge in [0.05, 0.1) is 59.5 Å². The molecule has 0 radical (unpaired) electrons. The fraction of sp³-hybridized carbons (Fsp3) is 0.850. The van der Waals surface area contributed by atoms with Crippen molar-refractivity contribution in [3.63, 3.8) is 0 Å². The van der Waals surface area contributed by atoms with Gasteiger partial charge in [-0.3, -0.25) is 9.05 Å². The van der Waals surface area contributed by atoms with Gasteiger partial charge in [0, 0.05) is 5.56 Å².